The molecule has 0 saturated carbocycles. The van der Waals surface area contributed by atoms with Crippen LogP contribution in [-0.4, -0.2) is 35.1 Å². The molecular formula is C9H13N3O3S. The minimum absolute atomic E-state index is 0.0971. The molecule has 1 heterocycles. The Morgan fingerprint density at radius 1 is 1.50 bits per heavy atom. The van der Waals surface area contributed by atoms with E-state index in [9.17, 15) is 9.59 Å². The first kappa shape index (κ1) is 12.4. The van der Waals surface area contributed by atoms with Crippen LogP contribution in [0.2, 0.25) is 0 Å². The molecular weight excluding hydrogens is 230 g/mol. The van der Waals surface area contributed by atoms with Crippen LogP contribution in [0.25, 0.3) is 0 Å². The number of carbonyl (C=O) groups is 2. The molecule has 0 aliphatic heterocycles. The molecule has 0 spiro atoms. The molecule has 88 valence electrons. The second kappa shape index (κ2) is 5.45. The highest BCUT2D eigenvalue weighted by molar-refractivity contribution is 7.17. The van der Waals surface area contributed by atoms with Crippen LogP contribution in [0.15, 0.2) is 0 Å². The summed E-state index contributed by atoms with van der Waals surface area (Å²) in [6, 6.07) is 0. The molecule has 1 amide bonds. The van der Waals surface area contributed by atoms with E-state index >= 15 is 0 Å². The van der Waals surface area contributed by atoms with E-state index in [0.717, 1.165) is 11.3 Å². The third kappa shape index (κ3) is 3.20. The maximum atomic E-state index is 11.1. The lowest BCUT2D eigenvalue weighted by molar-refractivity contribution is -0.119. The number of aromatic nitrogens is 1. The number of hydrogen-bond donors (Lipinski definition) is 3. The fraction of sp³-hybridized carbons (Fsp3) is 0.444. The van der Waals surface area contributed by atoms with Gasteiger partial charge >= 0.3 is 5.97 Å². The smallest absolute Gasteiger partial charge is 0.347 e. The summed E-state index contributed by atoms with van der Waals surface area (Å²) in [5.74, 6) is -1.15. The van der Waals surface area contributed by atoms with E-state index in [4.69, 9.17) is 5.11 Å². The van der Waals surface area contributed by atoms with Crippen LogP contribution in [0.4, 0.5) is 5.13 Å². The first-order valence-corrected chi connectivity index (χ1v) is 5.57. The Kier molecular flexibility index (Phi) is 4.24. The molecule has 0 aromatic carbocycles. The highest BCUT2D eigenvalue weighted by Gasteiger charge is 2.13. The molecule has 1 rings (SSSR count). The van der Waals surface area contributed by atoms with Gasteiger partial charge in [0.25, 0.3) is 0 Å². The van der Waals surface area contributed by atoms with E-state index in [1.54, 1.807) is 6.92 Å². The summed E-state index contributed by atoms with van der Waals surface area (Å²) in [6.45, 7) is 4.11. The van der Waals surface area contributed by atoms with Crippen molar-refractivity contribution in [1.82, 2.24) is 10.3 Å². The van der Waals surface area contributed by atoms with Crippen molar-refractivity contribution in [3.63, 3.8) is 0 Å². The van der Waals surface area contributed by atoms with Crippen LogP contribution in [-0.2, 0) is 4.79 Å². The molecule has 0 fully saturated rings. The molecule has 1 aromatic rings. The lowest BCUT2D eigenvalue weighted by Gasteiger charge is -2.01. The van der Waals surface area contributed by atoms with Gasteiger partial charge in [0.15, 0.2) is 5.13 Å². The Morgan fingerprint density at radius 3 is 2.69 bits per heavy atom. The van der Waals surface area contributed by atoms with Crippen molar-refractivity contribution < 1.29 is 14.7 Å². The molecule has 0 aliphatic carbocycles. The molecule has 0 aliphatic rings. The maximum Gasteiger partial charge on any atom is 0.347 e. The van der Waals surface area contributed by atoms with Gasteiger partial charge in [-0.1, -0.05) is 11.3 Å². The lowest BCUT2D eigenvalue weighted by Crippen LogP contribution is -2.29. The van der Waals surface area contributed by atoms with Crippen molar-refractivity contribution in [2.45, 2.75) is 13.8 Å². The van der Waals surface area contributed by atoms with Crippen molar-refractivity contribution in [2.24, 2.45) is 0 Å². The van der Waals surface area contributed by atoms with Crippen molar-refractivity contribution in [1.29, 1.82) is 0 Å². The predicted octanol–water partition coefficient (Wildman–Crippen LogP) is 0.698. The highest BCUT2D eigenvalue weighted by Crippen LogP contribution is 2.21. The zero-order chi connectivity index (χ0) is 12.1. The van der Waals surface area contributed by atoms with Gasteiger partial charge in [-0.25, -0.2) is 9.78 Å². The zero-order valence-electron chi connectivity index (χ0n) is 9.03. The van der Waals surface area contributed by atoms with Crippen molar-refractivity contribution >= 4 is 28.3 Å². The Balaban J connectivity index is 2.58. The topological polar surface area (TPSA) is 91.3 Å². The number of rotatable bonds is 5. The van der Waals surface area contributed by atoms with E-state index in [-0.39, 0.29) is 17.3 Å². The summed E-state index contributed by atoms with van der Waals surface area (Å²) in [4.78, 5) is 26.1. The second-order valence-corrected chi connectivity index (χ2v) is 4.04. The number of carbonyl (C=O) groups excluding carboxylic acids is 1. The number of hydrogen-bond acceptors (Lipinski definition) is 5. The van der Waals surface area contributed by atoms with Gasteiger partial charge in [0.05, 0.1) is 12.2 Å². The summed E-state index contributed by atoms with van der Waals surface area (Å²) in [6.07, 6.45) is 0. The Morgan fingerprint density at radius 2 is 2.19 bits per heavy atom. The van der Waals surface area contributed by atoms with Crippen molar-refractivity contribution in [3.8, 4) is 0 Å². The van der Waals surface area contributed by atoms with Crippen LogP contribution < -0.4 is 10.6 Å². The quantitative estimate of drug-likeness (QED) is 0.708. The third-order valence-electron chi connectivity index (χ3n) is 1.76. The molecule has 0 saturated heterocycles. The standard InChI is InChI=1S/C9H13N3O3S/c1-3-10-6(13)4-11-9-12-5(2)7(16-9)8(14)15/h3-4H2,1-2H3,(H,10,13)(H,11,12)(H,14,15). The number of anilines is 1. The minimum atomic E-state index is -0.999. The normalized spacial score (nSPS) is 9.88. The first-order valence-electron chi connectivity index (χ1n) is 4.76. The van der Waals surface area contributed by atoms with Gasteiger partial charge in [-0.05, 0) is 13.8 Å². The minimum Gasteiger partial charge on any atom is -0.477 e. The van der Waals surface area contributed by atoms with Gasteiger partial charge < -0.3 is 15.7 Å². The number of likely N-dealkylation sites (N-methyl/N-ethyl adjacent to an activating group) is 1. The first-order chi connectivity index (χ1) is 7.54. The molecule has 3 N–H and O–H groups in total. The van der Waals surface area contributed by atoms with Gasteiger partial charge in [-0.15, -0.1) is 0 Å². The molecule has 16 heavy (non-hydrogen) atoms. The van der Waals surface area contributed by atoms with Gasteiger partial charge in [-0.3, -0.25) is 4.79 Å². The predicted molar refractivity (Wildman–Crippen MR) is 61.0 cm³/mol. The molecule has 0 bridgehead atoms. The number of amides is 1. The fourth-order valence-corrected chi connectivity index (χ4v) is 1.89. The number of thiazole rings is 1. The van der Waals surface area contributed by atoms with Crippen LogP contribution in [0, 0.1) is 6.92 Å². The highest BCUT2D eigenvalue weighted by atomic mass is 32.1. The lowest BCUT2D eigenvalue weighted by atomic mass is 10.4. The molecule has 0 atom stereocenters. The molecule has 1 aromatic heterocycles. The summed E-state index contributed by atoms with van der Waals surface area (Å²) in [7, 11) is 0. The average molecular weight is 243 g/mol. The van der Waals surface area contributed by atoms with Crippen LogP contribution >= 0.6 is 11.3 Å². The van der Waals surface area contributed by atoms with E-state index in [1.807, 2.05) is 6.92 Å². The van der Waals surface area contributed by atoms with Crippen LogP contribution in [0.5, 0.6) is 0 Å². The summed E-state index contributed by atoms with van der Waals surface area (Å²) in [5, 5.41) is 14.6. The van der Waals surface area contributed by atoms with Crippen LogP contribution in [0.1, 0.15) is 22.3 Å². The van der Waals surface area contributed by atoms with E-state index in [1.165, 1.54) is 0 Å². The molecule has 0 radical (unpaired) electrons. The van der Waals surface area contributed by atoms with Crippen LogP contribution in [0.3, 0.4) is 0 Å². The van der Waals surface area contributed by atoms with Gasteiger partial charge in [0, 0.05) is 6.54 Å². The SMILES string of the molecule is CCNC(=O)CNc1nc(C)c(C(=O)O)s1. The zero-order valence-corrected chi connectivity index (χ0v) is 9.85. The number of carboxylic acid groups (broad SMARTS) is 1. The summed E-state index contributed by atoms with van der Waals surface area (Å²) >= 11 is 1.03. The van der Waals surface area contributed by atoms with E-state index in [0.29, 0.717) is 17.4 Å². The fourth-order valence-electron chi connectivity index (χ4n) is 1.09. The Bertz CT molecular complexity index is 403. The van der Waals surface area contributed by atoms with Crippen molar-refractivity contribution in [3.05, 3.63) is 10.6 Å². The van der Waals surface area contributed by atoms with Gasteiger partial charge in [0.1, 0.15) is 4.88 Å². The largest absolute Gasteiger partial charge is 0.477 e. The number of nitrogens with zero attached hydrogens (tertiary/aromatic N) is 1. The summed E-state index contributed by atoms with van der Waals surface area (Å²) < 4.78 is 0. The second-order valence-electron chi connectivity index (χ2n) is 3.05. The number of aromatic carboxylic acids is 1. The summed E-state index contributed by atoms with van der Waals surface area (Å²) in [5.41, 5.74) is 0.455. The maximum absolute atomic E-state index is 11.1. The Hall–Kier alpha value is -1.63. The third-order valence-corrected chi connectivity index (χ3v) is 2.87. The number of carboxylic acids is 1. The van der Waals surface area contributed by atoms with Gasteiger partial charge in [0.2, 0.25) is 5.91 Å². The van der Waals surface area contributed by atoms with E-state index in [2.05, 4.69) is 15.6 Å². The van der Waals surface area contributed by atoms with Gasteiger partial charge in [-0.2, -0.15) is 0 Å². The number of aryl methyl sites for hydroxylation is 1. The van der Waals surface area contributed by atoms with Crippen molar-refractivity contribution in [2.75, 3.05) is 18.4 Å². The average Bonchev–Trinajstić information content (AvgIpc) is 2.57. The Labute approximate surface area is 96.7 Å². The molecule has 0 unspecified atom stereocenters. The number of nitrogens with one attached hydrogen (secondary N) is 2. The molecule has 7 heteroatoms. The monoisotopic (exact) mass is 243 g/mol. The molecule has 6 nitrogen and oxygen atoms in total. The van der Waals surface area contributed by atoms with E-state index < -0.39 is 5.97 Å².